The third-order valence-electron chi connectivity index (χ3n) is 4.43. The lowest BCUT2D eigenvalue weighted by atomic mass is 9.93. The van der Waals surface area contributed by atoms with Crippen molar-refractivity contribution in [2.75, 3.05) is 26.7 Å². The lowest BCUT2D eigenvalue weighted by molar-refractivity contribution is -0.125. The summed E-state index contributed by atoms with van der Waals surface area (Å²) >= 11 is 5.92. The van der Waals surface area contributed by atoms with Crippen molar-refractivity contribution in [3.05, 3.63) is 34.9 Å². The van der Waals surface area contributed by atoms with Crippen LogP contribution in [-0.4, -0.2) is 54.5 Å². The van der Waals surface area contributed by atoms with E-state index in [1.54, 1.807) is 0 Å². The van der Waals surface area contributed by atoms with Crippen LogP contribution in [0.1, 0.15) is 25.3 Å². The van der Waals surface area contributed by atoms with Gasteiger partial charge in [-0.3, -0.25) is 9.69 Å². The lowest BCUT2D eigenvalue weighted by Gasteiger charge is -2.31. The van der Waals surface area contributed by atoms with Crippen LogP contribution in [0.25, 0.3) is 0 Å². The number of hydrogen-bond donors (Lipinski definition) is 1. The number of halogens is 1. The van der Waals surface area contributed by atoms with Crippen LogP contribution in [0.15, 0.2) is 24.3 Å². The van der Waals surface area contributed by atoms with E-state index < -0.39 is 0 Å². The van der Waals surface area contributed by atoms with Gasteiger partial charge in [0.15, 0.2) is 0 Å². The van der Waals surface area contributed by atoms with Crippen LogP contribution in [0.5, 0.6) is 0 Å². The topological polar surface area (TPSA) is 52.6 Å². The molecular weight excluding hydrogens is 302 g/mol. The molecule has 1 aromatic rings. The second-order valence-electron chi connectivity index (χ2n) is 5.77. The Balaban J connectivity index is 1.91. The second-order valence-corrected chi connectivity index (χ2v) is 6.20. The molecule has 120 valence electrons. The van der Waals surface area contributed by atoms with Gasteiger partial charge < -0.3 is 10.2 Å². The third-order valence-corrected chi connectivity index (χ3v) is 4.68. The van der Waals surface area contributed by atoms with Gasteiger partial charge in [0.05, 0.1) is 6.54 Å². The number of hydrogen-bond acceptors (Lipinski definition) is 3. The van der Waals surface area contributed by atoms with Crippen LogP contribution in [0.4, 0.5) is 4.79 Å². The summed E-state index contributed by atoms with van der Waals surface area (Å²) in [6.45, 7) is 5.49. The molecule has 0 bridgehead atoms. The molecule has 2 unspecified atom stereocenters. The van der Waals surface area contributed by atoms with Crippen molar-refractivity contribution in [2.24, 2.45) is 0 Å². The molecule has 0 radical (unpaired) electrons. The van der Waals surface area contributed by atoms with Gasteiger partial charge >= 0.3 is 6.03 Å². The number of imide groups is 1. The Morgan fingerprint density at radius 1 is 1.27 bits per heavy atom. The minimum absolute atomic E-state index is 0.110. The fraction of sp³-hybridized carbons (Fsp3) is 0.500. The zero-order valence-corrected chi connectivity index (χ0v) is 13.9. The van der Waals surface area contributed by atoms with Crippen LogP contribution in [0, 0.1) is 0 Å². The monoisotopic (exact) mass is 323 g/mol. The molecule has 3 amide bonds. The Labute approximate surface area is 136 Å². The minimum atomic E-state index is -0.295. The molecule has 0 aromatic heterocycles. The summed E-state index contributed by atoms with van der Waals surface area (Å²) in [6, 6.07) is 7.85. The molecule has 0 spiro atoms. The van der Waals surface area contributed by atoms with Crippen molar-refractivity contribution in [3.63, 3.8) is 0 Å². The van der Waals surface area contributed by atoms with Crippen molar-refractivity contribution in [3.8, 4) is 0 Å². The van der Waals surface area contributed by atoms with E-state index in [0.29, 0.717) is 19.0 Å². The van der Waals surface area contributed by atoms with Gasteiger partial charge in [-0.25, -0.2) is 4.79 Å². The molecule has 1 fully saturated rings. The fourth-order valence-electron chi connectivity index (χ4n) is 2.57. The van der Waals surface area contributed by atoms with E-state index in [9.17, 15) is 9.59 Å². The lowest BCUT2D eigenvalue weighted by Crippen LogP contribution is -2.41. The van der Waals surface area contributed by atoms with Gasteiger partial charge in [0.2, 0.25) is 5.91 Å². The molecule has 1 N–H and O–H groups in total. The summed E-state index contributed by atoms with van der Waals surface area (Å²) in [4.78, 5) is 26.5. The molecule has 1 aliphatic heterocycles. The Bertz CT molecular complexity index is 531. The van der Waals surface area contributed by atoms with Gasteiger partial charge in [0.25, 0.3) is 0 Å². The molecule has 0 saturated carbocycles. The maximum Gasteiger partial charge on any atom is 0.324 e. The second kappa shape index (κ2) is 7.11. The molecule has 2 atom stereocenters. The smallest absolute Gasteiger partial charge is 0.324 e. The van der Waals surface area contributed by atoms with Gasteiger partial charge in [-0.1, -0.05) is 30.7 Å². The van der Waals surface area contributed by atoms with Crippen molar-refractivity contribution in [2.45, 2.75) is 25.8 Å². The summed E-state index contributed by atoms with van der Waals surface area (Å²) in [5, 5.41) is 3.26. The van der Waals surface area contributed by atoms with Gasteiger partial charge in [-0.15, -0.1) is 0 Å². The summed E-state index contributed by atoms with van der Waals surface area (Å²) in [5.74, 6) is 0.169. The number of benzene rings is 1. The maximum atomic E-state index is 11.6. The van der Waals surface area contributed by atoms with Gasteiger partial charge in [-0.05, 0) is 37.6 Å². The maximum absolute atomic E-state index is 11.6. The molecule has 1 aliphatic rings. The van der Waals surface area contributed by atoms with Crippen LogP contribution in [-0.2, 0) is 4.79 Å². The molecule has 1 saturated heterocycles. The summed E-state index contributed by atoms with van der Waals surface area (Å²) in [5.41, 5.74) is 1.22. The van der Waals surface area contributed by atoms with Crippen molar-refractivity contribution in [1.82, 2.24) is 15.1 Å². The molecule has 1 aromatic carbocycles. The Morgan fingerprint density at radius 3 is 2.45 bits per heavy atom. The van der Waals surface area contributed by atoms with Crippen LogP contribution in [0.3, 0.4) is 0 Å². The number of amides is 3. The van der Waals surface area contributed by atoms with Crippen LogP contribution < -0.4 is 5.32 Å². The molecule has 2 rings (SSSR count). The van der Waals surface area contributed by atoms with Crippen LogP contribution in [0.2, 0.25) is 5.02 Å². The Morgan fingerprint density at radius 2 is 1.91 bits per heavy atom. The van der Waals surface area contributed by atoms with Crippen molar-refractivity contribution in [1.29, 1.82) is 0 Å². The number of nitrogens with one attached hydrogen (secondary N) is 1. The summed E-state index contributed by atoms with van der Waals surface area (Å²) in [7, 11) is 2.01. The van der Waals surface area contributed by atoms with E-state index in [4.69, 9.17) is 11.6 Å². The molecule has 1 heterocycles. The minimum Gasteiger partial charge on any atom is -0.329 e. The average Bonchev–Trinajstić information content (AvgIpc) is 2.83. The number of carbonyl (C=O) groups excluding carboxylic acids is 2. The molecule has 6 heteroatoms. The first-order valence-electron chi connectivity index (χ1n) is 7.44. The highest BCUT2D eigenvalue weighted by molar-refractivity contribution is 6.30. The Kier molecular flexibility index (Phi) is 5.42. The highest BCUT2D eigenvalue weighted by Gasteiger charge is 2.29. The number of carbonyl (C=O) groups is 2. The fourth-order valence-corrected chi connectivity index (χ4v) is 2.70. The Hall–Kier alpha value is -1.59. The molecule has 0 aliphatic carbocycles. The highest BCUT2D eigenvalue weighted by atomic mass is 35.5. The predicted octanol–water partition coefficient (Wildman–Crippen LogP) is 2.32. The third kappa shape index (κ3) is 3.78. The standard InChI is InChI=1S/C16H22ClN3O2/c1-11(13-4-6-14(17)7-5-13)12(2)19(3)8-9-20-15(21)10-18-16(20)22/h4-7,11-12H,8-10H2,1-3H3,(H,18,22). The van der Waals surface area contributed by atoms with E-state index in [1.165, 1.54) is 10.5 Å². The highest BCUT2D eigenvalue weighted by Crippen LogP contribution is 2.23. The van der Waals surface area contributed by atoms with Crippen molar-refractivity contribution < 1.29 is 9.59 Å². The zero-order valence-electron chi connectivity index (χ0n) is 13.2. The zero-order chi connectivity index (χ0) is 16.3. The predicted molar refractivity (Wildman–Crippen MR) is 87.1 cm³/mol. The first-order valence-corrected chi connectivity index (χ1v) is 7.82. The van der Waals surface area contributed by atoms with E-state index in [1.807, 2.05) is 31.3 Å². The first-order chi connectivity index (χ1) is 10.4. The number of likely N-dealkylation sites (N-methyl/N-ethyl adjacent to an activating group) is 1. The van der Waals surface area contributed by atoms with E-state index >= 15 is 0 Å². The quantitative estimate of drug-likeness (QED) is 0.817. The van der Waals surface area contributed by atoms with E-state index in [2.05, 4.69) is 24.1 Å². The van der Waals surface area contributed by atoms with Gasteiger partial charge in [0.1, 0.15) is 0 Å². The van der Waals surface area contributed by atoms with E-state index in [0.717, 1.165) is 5.02 Å². The van der Waals surface area contributed by atoms with Gasteiger partial charge in [0, 0.05) is 24.2 Å². The average molecular weight is 324 g/mol. The molecule has 5 nitrogen and oxygen atoms in total. The number of nitrogens with zero attached hydrogens (tertiary/aromatic N) is 2. The number of urea groups is 1. The molecular formula is C16H22ClN3O2. The normalized spacial score (nSPS) is 17.8. The largest absolute Gasteiger partial charge is 0.329 e. The summed E-state index contributed by atoms with van der Waals surface area (Å²) in [6.07, 6.45) is 0. The van der Waals surface area contributed by atoms with E-state index in [-0.39, 0.29) is 24.5 Å². The van der Waals surface area contributed by atoms with Crippen LogP contribution >= 0.6 is 11.6 Å². The van der Waals surface area contributed by atoms with Crippen molar-refractivity contribution >= 4 is 23.5 Å². The SMILES string of the molecule is CC(c1ccc(Cl)cc1)C(C)N(C)CCN1C(=O)CNC1=O. The summed E-state index contributed by atoms with van der Waals surface area (Å²) < 4.78 is 0. The number of rotatable bonds is 6. The van der Waals surface area contributed by atoms with Gasteiger partial charge in [-0.2, -0.15) is 0 Å². The molecule has 22 heavy (non-hydrogen) atoms. The first kappa shape index (κ1) is 16.8.